The summed E-state index contributed by atoms with van der Waals surface area (Å²) in [5, 5.41) is 3.05. The minimum atomic E-state index is -0.569. The van der Waals surface area contributed by atoms with Gasteiger partial charge in [-0.05, 0) is 19.1 Å². The van der Waals surface area contributed by atoms with Gasteiger partial charge in [0.2, 0.25) is 11.8 Å². The number of hydrogen-bond donors (Lipinski definition) is 3. The maximum atomic E-state index is 11.5. The highest BCUT2D eigenvalue weighted by Crippen LogP contribution is 2.23. The Labute approximate surface area is 125 Å². The van der Waals surface area contributed by atoms with Gasteiger partial charge in [-0.1, -0.05) is 11.8 Å². The van der Waals surface area contributed by atoms with Gasteiger partial charge in [0, 0.05) is 6.07 Å². The second-order valence-electron chi connectivity index (χ2n) is 4.19. The number of fused-ring (bicyclic) bond motifs is 1. The van der Waals surface area contributed by atoms with Crippen LogP contribution in [0.3, 0.4) is 0 Å². The van der Waals surface area contributed by atoms with E-state index in [1.165, 1.54) is 11.8 Å². The third kappa shape index (κ3) is 4.38. The van der Waals surface area contributed by atoms with E-state index in [1.54, 1.807) is 0 Å². The van der Waals surface area contributed by atoms with Gasteiger partial charge in [0.1, 0.15) is 5.75 Å². The van der Waals surface area contributed by atoms with Crippen LogP contribution in [0.4, 0.5) is 0 Å². The molecule has 1 aromatic heterocycles. The number of benzene rings is 1. The molecular formula is C13H16N4O3S. The predicted molar refractivity (Wildman–Crippen MR) is 80.2 cm³/mol. The number of H-pyrrole nitrogens is 1. The van der Waals surface area contributed by atoms with Gasteiger partial charge >= 0.3 is 0 Å². The molecular weight excluding hydrogens is 292 g/mol. The van der Waals surface area contributed by atoms with Crippen molar-refractivity contribution >= 4 is 34.6 Å². The SMILES string of the molecule is CCOc1ccc2nc(SCC(=O)NCC(N)=O)[nH]c2c1. The number of aromatic nitrogens is 2. The number of amides is 2. The molecule has 2 amide bonds. The molecule has 1 aromatic carbocycles. The highest BCUT2D eigenvalue weighted by Gasteiger charge is 2.08. The topological polar surface area (TPSA) is 110 Å². The zero-order chi connectivity index (χ0) is 15.2. The fourth-order valence-electron chi connectivity index (χ4n) is 1.66. The molecule has 0 saturated heterocycles. The maximum absolute atomic E-state index is 11.5. The van der Waals surface area contributed by atoms with Gasteiger partial charge in [-0.2, -0.15) is 0 Å². The number of thioether (sulfide) groups is 1. The van der Waals surface area contributed by atoms with E-state index >= 15 is 0 Å². The molecule has 0 radical (unpaired) electrons. The monoisotopic (exact) mass is 308 g/mol. The third-order valence-corrected chi connectivity index (χ3v) is 3.42. The smallest absolute Gasteiger partial charge is 0.236 e. The molecule has 0 atom stereocenters. The highest BCUT2D eigenvalue weighted by molar-refractivity contribution is 7.99. The van der Waals surface area contributed by atoms with Crippen LogP contribution in [0.15, 0.2) is 23.4 Å². The van der Waals surface area contributed by atoms with Crippen LogP contribution in [0.1, 0.15) is 6.92 Å². The molecule has 21 heavy (non-hydrogen) atoms. The van der Waals surface area contributed by atoms with Crippen molar-refractivity contribution in [2.45, 2.75) is 12.1 Å². The van der Waals surface area contributed by atoms with Crippen molar-refractivity contribution in [1.82, 2.24) is 15.3 Å². The van der Waals surface area contributed by atoms with Crippen LogP contribution in [0.5, 0.6) is 5.75 Å². The van der Waals surface area contributed by atoms with Crippen molar-refractivity contribution in [3.63, 3.8) is 0 Å². The van der Waals surface area contributed by atoms with Gasteiger partial charge in [-0.15, -0.1) is 0 Å². The summed E-state index contributed by atoms with van der Waals surface area (Å²) in [6, 6.07) is 5.57. The van der Waals surface area contributed by atoms with Crippen molar-refractivity contribution < 1.29 is 14.3 Å². The number of nitrogens with two attached hydrogens (primary N) is 1. The van der Waals surface area contributed by atoms with Crippen molar-refractivity contribution in [2.75, 3.05) is 18.9 Å². The highest BCUT2D eigenvalue weighted by atomic mass is 32.2. The largest absolute Gasteiger partial charge is 0.494 e. The molecule has 0 spiro atoms. The molecule has 2 aromatic rings. The molecule has 4 N–H and O–H groups in total. The van der Waals surface area contributed by atoms with Gasteiger partial charge in [-0.3, -0.25) is 9.59 Å². The molecule has 0 aliphatic heterocycles. The first-order valence-corrected chi connectivity index (χ1v) is 7.37. The van der Waals surface area contributed by atoms with Gasteiger partial charge < -0.3 is 20.8 Å². The predicted octanol–water partition coefficient (Wildman–Crippen LogP) is 0.655. The molecule has 0 bridgehead atoms. The van der Waals surface area contributed by atoms with E-state index in [-0.39, 0.29) is 18.2 Å². The van der Waals surface area contributed by atoms with Crippen LogP contribution in [-0.2, 0) is 9.59 Å². The second-order valence-corrected chi connectivity index (χ2v) is 5.15. The van der Waals surface area contributed by atoms with Crippen molar-refractivity contribution in [3.05, 3.63) is 18.2 Å². The van der Waals surface area contributed by atoms with E-state index in [1.807, 2.05) is 25.1 Å². The quantitative estimate of drug-likeness (QED) is 0.651. The van der Waals surface area contributed by atoms with Crippen LogP contribution >= 0.6 is 11.8 Å². The molecule has 2 rings (SSSR count). The Morgan fingerprint density at radius 1 is 1.48 bits per heavy atom. The number of carbonyl (C=O) groups is 2. The normalized spacial score (nSPS) is 10.5. The molecule has 0 aliphatic carbocycles. The Morgan fingerprint density at radius 2 is 2.29 bits per heavy atom. The first-order chi connectivity index (χ1) is 10.1. The summed E-state index contributed by atoms with van der Waals surface area (Å²) in [6.07, 6.45) is 0. The van der Waals surface area contributed by atoms with Gasteiger partial charge in [0.05, 0.1) is 29.9 Å². The van der Waals surface area contributed by atoms with Crippen LogP contribution in [0.25, 0.3) is 11.0 Å². The van der Waals surface area contributed by atoms with Crippen LogP contribution < -0.4 is 15.8 Å². The van der Waals surface area contributed by atoms with Crippen molar-refractivity contribution in [2.24, 2.45) is 5.73 Å². The average Bonchev–Trinajstić information content (AvgIpc) is 2.85. The lowest BCUT2D eigenvalue weighted by Gasteiger charge is -2.01. The van der Waals surface area contributed by atoms with E-state index in [9.17, 15) is 9.59 Å². The van der Waals surface area contributed by atoms with Gasteiger partial charge in [0.25, 0.3) is 0 Å². The summed E-state index contributed by atoms with van der Waals surface area (Å²) in [5.74, 6) is 0.0880. The first-order valence-electron chi connectivity index (χ1n) is 6.39. The molecule has 8 heteroatoms. The number of rotatable bonds is 7. The standard InChI is InChI=1S/C13H16N4O3S/c1-2-20-8-3-4-9-10(5-8)17-13(16-9)21-7-12(19)15-6-11(14)18/h3-5H,2,6-7H2,1H3,(H2,14,18)(H,15,19)(H,16,17). The Bertz CT molecular complexity index is 656. The number of hydrogen-bond acceptors (Lipinski definition) is 5. The summed E-state index contributed by atoms with van der Waals surface area (Å²) >= 11 is 1.25. The molecule has 0 saturated carbocycles. The van der Waals surface area contributed by atoms with Crippen molar-refractivity contribution in [3.8, 4) is 5.75 Å². The Kier molecular flexibility index (Phi) is 5.04. The Balaban J connectivity index is 1.96. The Morgan fingerprint density at radius 3 is 3.00 bits per heavy atom. The minimum absolute atomic E-state index is 0.156. The van der Waals surface area contributed by atoms with Gasteiger partial charge in [-0.25, -0.2) is 4.98 Å². The fourth-order valence-corrected chi connectivity index (χ4v) is 2.38. The third-order valence-electron chi connectivity index (χ3n) is 2.54. The number of primary amides is 1. The number of carbonyl (C=O) groups excluding carboxylic acids is 2. The molecule has 7 nitrogen and oxygen atoms in total. The number of nitrogens with zero attached hydrogens (tertiary/aromatic N) is 1. The van der Waals surface area contributed by atoms with Crippen LogP contribution in [-0.4, -0.2) is 40.7 Å². The number of ether oxygens (including phenoxy) is 1. The Hall–Kier alpha value is -2.22. The number of nitrogens with one attached hydrogen (secondary N) is 2. The summed E-state index contributed by atoms with van der Waals surface area (Å²) in [5.41, 5.74) is 6.60. The lowest BCUT2D eigenvalue weighted by Crippen LogP contribution is -2.34. The van der Waals surface area contributed by atoms with E-state index in [0.717, 1.165) is 16.8 Å². The van der Waals surface area contributed by atoms with E-state index in [2.05, 4.69) is 15.3 Å². The zero-order valence-corrected chi connectivity index (χ0v) is 12.3. The molecule has 1 heterocycles. The van der Waals surface area contributed by atoms with Gasteiger partial charge in [0.15, 0.2) is 5.16 Å². The van der Waals surface area contributed by atoms with Crippen LogP contribution in [0, 0.1) is 0 Å². The second kappa shape index (κ2) is 6.98. The zero-order valence-electron chi connectivity index (χ0n) is 11.5. The van der Waals surface area contributed by atoms with E-state index in [0.29, 0.717) is 11.8 Å². The van der Waals surface area contributed by atoms with E-state index in [4.69, 9.17) is 10.5 Å². The summed E-state index contributed by atoms with van der Waals surface area (Å²) in [6.45, 7) is 2.36. The summed E-state index contributed by atoms with van der Waals surface area (Å²) in [7, 11) is 0. The van der Waals surface area contributed by atoms with Crippen LogP contribution in [0.2, 0.25) is 0 Å². The number of aromatic amines is 1. The molecule has 0 fully saturated rings. The number of imidazole rings is 1. The maximum Gasteiger partial charge on any atom is 0.236 e. The molecule has 0 aliphatic rings. The van der Waals surface area contributed by atoms with Crippen molar-refractivity contribution in [1.29, 1.82) is 0 Å². The minimum Gasteiger partial charge on any atom is -0.494 e. The lowest BCUT2D eigenvalue weighted by atomic mass is 10.3. The summed E-state index contributed by atoms with van der Waals surface area (Å²) < 4.78 is 5.41. The lowest BCUT2D eigenvalue weighted by molar-refractivity contribution is -0.123. The average molecular weight is 308 g/mol. The molecule has 0 unspecified atom stereocenters. The van der Waals surface area contributed by atoms with E-state index < -0.39 is 5.91 Å². The fraction of sp³-hybridized carbons (Fsp3) is 0.308. The molecule has 112 valence electrons. The summed E-state index contributed by atoms with van der Waals surface area (Å²) in [4.78, 5) is 29.5. The first kappa shape index (κ1) is 15.2.